The maximum Gasteiger partial charge on any atom is 0.184 e. The topological polar surface area (TPSA) is 47.7 Å². The molecule has 2 unspecified atom stereocenters. The Balaban J connectivity index is 1.78. The molecule has 0 aromatic rings. The van der Waals surface area contributed by atoms with Crippen molar-refractivity contribution < 1.29 is 9.47 Å². The summed E-state index contributed by atoms with van der Waals surface area (Å²) in [5, 5.41) is 0. The lowest BCUT2D eigenvalue weighted by molar-refractivity contribution is -0.249. The van der Waals surface area contributed by atoms with Gasteiger partial charge in [0.1, 0.15) is 0 Å². The van der Waals surface area contributed by atoms with Gasteiger partial charge in [0.25, 0.3) is 0 Å². The van der Waals surface area contributed by atoms with E-state index in [2.05, 4.69) is 4.90 Å². The smallest absolute Gasteiger partial charge is 0.184 e. The maximum absolute atomic E-state index is 5.98. The average Bonchev–Trinajstić information content (AvgIpc) is 2.63. The second-order valence-corrected chi connectivity index (χ2v) is 4.65. The Labute approximate surface area is 84.3 Å². The van der Waals surface area contributed by atoms with Gasteiger partial charge in [0, 0.05) is 12.5 Å². The predicted molar refractivity (Wildman–Crippen MR) is 51.8 cm³/mol. The molecule has 4 fully saturated rings. The highest BCUT2D eigenvalue weighted by Gasteiger charge is 2.53. The standard InChI is InChI=1S/C10H18N2O2/c11-5-9-6-13-10(14-9)7-12-3-1-8(10)2-4-12/h8-9H,1-7,11H2. The third-order valence-electron chi connectivity index (χ3n) is 3.80. The lowest BCUT2D eigenvalue weighted by Crippen LogP contribution is -2.60. The van der Waals surface area contributed by atoms with Crippen LogP contribution in [0.4, 0.5) is 0 Å². The van der Waals surface area contributed by atoms with Crippen molar-refractivity contribution in [2.45, 2.75) is 24.7 Å². The number of rotatable bonds is 1. The van der Waals surface area contributed by atoms with Gasteiger partial charge < -0.3 is 15.2 Å². The molecular formula is C10H18N2O2. The molecule has 0 aromatic carbocycles. The van der Waals surface area contributed by atoms with Crippen molar-refractivity contribution in [3.05, 3.63) is 0 Å². The molecule has 14 heavy (non-hydrogen) atoms. The molecule has 80 valence electrons. The molecule has 0 aliphatic carbocycles. The van der Waals surface area contributed by atoms with Crippen LogP contribution in [0.2, 0.25) is 0 Å². The molecule has 2 bridgehead atoms. The van der Waals surface area contributed by atoms with Gasteiger partial charge in [0.15, 0.2) is 5.79 Å². The Bertz CT molecular complexity index is 228. The van der Waals surface area contributed by atoms with Crippen LogP contribution in [0.1, 0.15) is 12.8 Å². The van der Waals surface area contributed by atoms with E-state index in [0.717, 1.165) is 6.54 Å². The van der Waals surface area contributed by atoms with Crippen LogP contribution in [0.5, 0.6) is 0 Å². The summed E-state index contributed by atoms with van der Waals surface area (Å²) in [5.41, 5.74) is 5.60. The number of fused-ring (bicyclic) bond motifs is 2. The molecule has 4 rings (SSSR count). The first kappa shape index (κ1) is 9.09. The maximum atomic E-state index is 5.98. The number of nitrogens with two attached hydrogens (primary N) is 1. The third-order valence-corrected chi connectivity index (χ3v) is 3.80. The van der Waals surface area contributed by atoms with Crippen molar-refractivity contribution in [1.29, 1.82) is 0 Å². The summed E-state index contributed by atoms with van der Waals surface area (Å²) in [4.78, 5) is 2.44. The number of hydrogen-bond acceptors (Lipinski definition) is 4. The van der Waals surface area contributed by atoms with E-state index >= 15 is 0 Å². The van der Waals surface area contributed by atoms with Crippen LogP contribution in [-0.2, 0) is 9.47 Å². The summed E-state index contributed by atoms with van der Waals surface area (Å²) >= 11 is 0. The van der Waals surface area contributed by atoms with Gasteiger partial charge in [-0.05, 0) is 25.9 Å². The molecule has 1 spiro atoms. The highest BCUT2D eigenvalue weighted by Crippen LogP contribution is 2.42. The lowest BCUT2D eigenvalue weighted by atomic mass is 9.83. The van der Waals surface area contributed by atoms with E-state index in [1.165, 1.54) is 25.9 Å². The first-order valence-electron chi connectivity index (χ1n) is 5.56. The zero-order valence-corrected chi connectivity index (χ0v) is 8.45. The van der Waals surface area contributed by atoms with Gasteiger partial charge in [0.2, 0.25) is 0 Å². The first-order chi connectivity index (χ1) is 6.82. The number of piperidine rings is 3. The minimum atomic E-state index is -0.291. The minimum absolute atomic E-state index is 0.121. The van der Waals surface area contributed by atoms with E-state index < -0.39 is 0 Å². The second kappa shape index (κ2) is 3.17. The molecule has 4 heterocycles. The van der Waals surface area contributed by atoms with Gasteiger partial charge in [-0.15, -0.1) is 0 Å². The fraction of sp³-hybridized carbons (Fsp3) is 1.00. The molecule has 0 aromatic heterocycles. The van der Waals surface area contributed by atoms with Gasteiger partial charge in [-0.3, -0.25) is 4.90 Å². The molecule has 4 aliphatic rings. The second-order valence-electron chi connectivity index (χ2n) is 4.65. The summed E-state index contributed by atoms with van der Waals surface area (Å²) in [6, 6.07) is 0. The molecule has 2 atom stereocenters. The number of hydrogen-bond donors (Lipinski definition) is 1. The highest BCUT2D eigenvalue weighted by atomic mass is 16.7. The third kappa shape index (κ3) is 1.21. The predicted octanol–water partition coefficient (Wildman–Crippen LogP) is -0.218. The van der Waals surface area contributed by atoms with Crippen LogP contribution in [-0.4, -0.2) is 49.6 Å². The van der Waals surface area contributed by atoms with Crippen molar-refractivity contribution in [3.8, 4) is 0 Å². The van der Waals surface area contributed by atoms with Crippen LogP contribution in [0.3, 0.4) is 0 Å². The molecular weight excluding hydrogens is 180 g/mol. The van der Waals surface area contributed by atoms with E-state index in [9.17, 15) is 0 Å². The quantitative estimate of drug-likeness (QED) is 0.633. The van der Waals surface area contributed by atoms with Gasteiger partial charge in [-0.2, -0.15) is 0 Å². The van der Waals surface area contributed by atoms with Gasteiger partial charge in [0.05, 0.1) is 19.3 Å². The molecule has 0 radical (unpaired) electrons. The Hall–Kier alpha value is -0.160. The molecule has 0 amide bonds. The zero-order chi connectivity index (χ0) is 9.60. The van der Waals surface area contributed by atoms with Crippen LogP contribution in [0.25, 0.3) is 0 Å². The van der Waals surface area contributed by atoms with Gasteiger partial charge in [-0.1, -0.05) is 0 Å². The molecule has 2 N–H and O–H groups in total. The fourth-order valence-electron chi connectivity index (χ4n) is 2.97. The Morgan fingerprint density at radius 1 is 1.36 bits per heavy atom. The summed E-state index contributed by atoms with van der Waals surface area (Å²) in [6.07, 6.45) is 2.56. The lowest BCUT2D eigenvalue weighted by Gasteiger charge is -2.49. The monoisotopic (exact) mass is 198 g/mol. The van der Waals surface area contributed by atoms with Crippen LogP contribution in [0.15, 0.2) is 0 Å². The summed E-state index contributed by atoms with van der Waals surface area (Å²) in [6.45, 7) is 4.64. The number of nitrogens with zero attached hydrogens (tertiary/aromatic N) is 1. The van der Waals surface area contributed by atoms with Crippen LogP contribution >= 0.6 is 0 Å². The summed E-state index contributed by atoms with van der Waals surface area (Å²) < 4.78 is 11.9. The normalized spacial score (nSPS) is 51.6. The van der Waals surface area contributed by atoms with E-state index in [1.807, 2.05) is 0 Å². The Morgan fingerprint density at radius 2 is 2.14 bits per heavy atom. The molecule has 4 heteroatoms. The van der Waals surface area contributed by atoms with E-state index in [1.54, 1.807) is 0 Å². The fourth-order valence-corrected chi connectivity index (χ4v) is 2.97. The largest absolute Gasteiger partial charge is 0.346 e. The van der Waals surface area contributed by atoms with E-state index in [4.69, 9.17) is 15.2 Å². The van der Waals surface area contributed by atoms with Crippen LogP contribution in [0, 0.1) is 5.92 Å². The molecule has 4 saturated heterocycles. The molecule has 0 saturated carbocycles. The Morgan fingerprint density at radius 3 is 2.64 bits per heavy atom. The van der Waals surface area contributed by atoms with Gasteiger partial charge in [-0.25, -0.2) is 0 Å². The summed E-state index contributed by atoms with van der Waals surface area (Å²) in [7, 11) is 0. The van der Waals surface area contributed by atoms with Crippen molar-refractivity contribution >= 4 is 0 Å². The van der Waals surface area contributed by atoms with Crippen LogP contribution < -0.4 is 5.73 Å². The first-order valence-corrected chi connectivity index (χ1v) is 5.56. The SMILES string of the molecule is NCC1COC2(CN3CCC2CC3)O1. The van der Waals surface area contributed by atoms with E-state index in [0.29, 0.717) is 19.1 Å². The number of ether oxygens (including phenoxy) is 2. The Kier molecular flexibility index (Phi) is 2.06. The highest BCUT2D eigenvalue weighted by molar-refractivity contribution is 4.97. The van der Waals surface area contributed by atoms with Crippen molar-refractivity contribution in [2.24, 2.45) is 11.7 Å². The minimum Gasteiger partial charge on any atom is -0.346 e. The molecule has 4 aliphatic heterocycles. The van der Waals surface area contributed by atoms with Crippen molar-refractivity contribution in [3.63, 3.8) is 0 Å². The molecule has 4 nitrogen and oxygen atoms in total. The van der Waals surface area contributed by atoms with Crippen molar-refractivity contribution in [1.82, 2.24) is 4.90 Å². The summed E-state index contributed by atoms with van der Waals surface area (Å²) in [5.74, 6) is 0.310. The van der Waals surface area contributed by atoms with Crippen molar-refractivity contribution in [2.75, 3.05) is 32.8 Å². The van der Waals surface area contributed by atoms with E-state index in [-0.39, 0.29) is 11.9 Å². The van der Waals surface area contributed by atoms with Gasteiger partial charge >= 0.3 is 0 Å². The average molecular weight is 198 g/mol. The zero-order valence-electron chi connectivity index (χ0n) is 8.45.